The highest BCUT2D eigenvalue weighted by Crippen LogP contribution is 2.13. The number of furan rings is 1. The Hall–Kier alpha value is -1.09. The average Bonchev–Trinajstić information content (AvgIpc) is 2.56. The summed E-state index contributed by atoms with van der Waals surface area (Å²) < 4.78 is 4.89. The lowest BCUT2D eigenvalue weighted by Gasteiger charge is -2.21. The van der Waals surface area contributed by atoms with Gasteiger partial charge < -0.3 is 10.2 Å². The molecule has 1 heterocycles. The van der Waals surface area contributed by atoms with Crippen molar-refractivity contribution in [3.05, 3.63) is 24.2 Å². The third-order valence-electron chi connectivity index (χ3n) is 2.35. The van der Waals surface area contributed by atoms with E-state index in [0.717, 1.165) is 18.4 Å². The number of ketones is 1. The molecule has 0 aliphatic rings. The molecule has 14 heavy (non-hydrogen) atoms. The summed E-state index contributed by atoms with van der Waals surface area (Å²) >= 11 is 0. The van der Waals surface area contributed by atoms with E-state index in [0.29, 0.717) is 6.42 Å². The summed E-state index contributed by atoms with van der Waals surface area (Å²) in [5, 5.41) is 0. The summed E-state index contributed by atoms with van der Waals surface area (Å²) in [5.74, 6) is 0.0701. The van der Waals surface area contributed by atoms with Gasteiger partial charge in [0.15, 0.2) is 5.78 Å². The van der Waals surface area contributed by atoms with E-state index in [2.05, 4.69) is 0 Å². The van der Waals surface area contributed by atoms with Gasteiger partial charge in [0, 0.05) is 6.42 Å². The van der Waals surface area contributed by atoms with Gasteiger partial charge in [0.25, 0.3) is 0 Å². The van der Waals surface area contributed by atoms with Crippen molar-refractivity contribution < 1.29 is 9.21 Å². The first-order valence-electron chi connectivity index (χ1n) is 4.89. The minimum absolute atomic E-state index is 0.0701. The third-order valence-corrected chi connectivity index (χ3v) is 2.35. The van der Waals surface area contributed by atoms with Crippen LogP contribution < -0.4 is 5.73 Å². The Morgan fingerprint density at radius 1 is 1.64 bits per heavy atom. The normalized spacial score (nSPS) is 15.1. The lowest BCUT2D eigenvalue weighted by atomic mass is 9.89. The van der Waals surface area contributed by atoms with Gasteiger partial charge in [-0.25, -0.2) is 0 Å². The van der Waals surface area contributed by atoms with Gasteiger partial charge in [-0.2, -0.15) is 0 Å². The van der Waals surface area contributed by atoms with Crippen LogP contribution in [0.1, 0.15) is 32.3 Å². The molecule has 1 rings (SSSR count). The summed E-state index contributed by atoms with van der Waals surface area (Å²) in [4.78, 5) is 11.8. The first kappa shape index (κ1) is 11.0. The van der Waals surface area contributed by atoms with E-state index in [-0.39, 0.29) is 5.78 Å². The first-order chi connectivity index (χ1) is 6.56. The number of carbonyl (C=O) groups is 1. The molecule has 0 aliphatic carbocycles. The predicted octanol–water partition coefficient (Wildman–Crippen LogP) is 1.91. The fourth-order valence-electron chi connectivity index (χ4n) is 1.44. The third kappa shape index (κ3) is 2.70. The van der Waals surface area contributed by atoms with Gasteiger partial charge in [-0.15, -0.1) is 0 Å². The van der Waals surface area contributed by atoms with E-state index in [4.69, 9.17) is 10.2 Å². The maximum atomic E-state index is 11.8. The Bertz CT molecular complexity index is 288. The number of rotatable bonds is 5. The standard InChI is InChI=1S/C11H17NO2/c1-3-5-11(2,12)10(13)7-9-4-6-14-8-9/h4,6,8H,3,5,7,12H2,1-2H3. The van der Waals surface area contributed by atoms with E-state index in [1.807, 2.05) is 6.92 Å². The largest absolute Gasteiger partial charge is 0.472 e. The number of hydrogen-bond acceptors (Lipinski definition) is 3. The van der Waals surface area contributed by atoms with Crippen LogP contribution in [0.5, 0.6) is 0 Å². The Morgan fingerprint density at radius 2 is 2.36 bits per heavy atom. The maximum absolute atomic E-state index is 11.8. The van der Waals surface area contributed by atoms with Crippen molar-refractivity contribution in [3.63, 3.8) is 0 Å². The zero-order chi connectivity index (χ0) is 10.6. The van der Waals surface area contributed by atoms with Crippen molar-refractivity contribution in [2.75, 3.05) is 0 Å². The molecule has 0 aliphatic heterocycles. The molecule has 1 aromatic heterocycles. The molecule has 0 aromatic carbocycles. The summed E-state index contributed by atoms with van der Waals surface area (Å²) in [6, 6.07) is 1.79. The second-order valence-corrected chi connectivity index (χ2v) is 3.90. The molecule has 1 unspecified atom stereocenters. The van der Waals surface area contributed by atoms with Gasteiger partial charge in [0.05, 0.1) is 18.1 Å². The van der Waals surface area contributed by atoms with Crippen molar-refractivity contribution >= 4 is 5.78 Å². The minimum atomic E-state index is -0.702. The Kier molecular flexibility index (Phi) is 3.47. The minimum Gasteiger partial charge on any atom is -0.472 e. The predicted molar refractivity (Wildman–Crippen MR) is 54.9 cm³/mol. The number of carbonyl (C=O) groups excluding carboxylic acids is 1. The summed E-state index contributed by atoms with van der Waals surface area (Å²) in [5.41, 5.74) is 6.10. The highest BCUT2D eigenvalue weighted by Gasteiger charge is 2.26. The molecule has 0 saturated heterocycles. The zero-order valence-electron chi connectivity index (χ0n) is 8.75. The second kappa shape index (κ2) is 4.42. The Labute approximate surface area is 84.3 Å². The molecule has 1 atom stereocenters. The van der Waals surface area contributed by atoms with Crippen LogP contribution in [0.3, 0.4) is 0 Å². The number of Topliss-reactive ketones (excluding diaryl/α,β-unsaturated/α-hetero) is 1. The fraction of sp³-hybridized carbons (Fsp3) is 0.545. The van der Waals surface area contributed by atoms with Crippen LogP contribution >= 0.6 is 0 Å². The van der Waals surface area contributed by atoms with Crippen molar-refractivity contribution in [1.82, 2.24) is 0 Å². The van der Waals surface area contributed by atoms with Gasteiger partial charge in [-0.3, -0.25) is 4.79 Å². The second-order valence-electron chi connectivity index (χ2n) is 3.90. The lowest BCUT2D eigenvalue weighted by Crippen LogP contribution is -2.45. The quantitative estimate of drug-likeness (QED) is 0.780. The van der Waals surface area contributed by atoms with Crippen LogP contribution in [0.2, 0.25) is 0 Å². The highest BCUT2D eigenvalue weighted by atomic mass is 16.3. The molecule has 78 valence electrons. The summed E-state index contributed by atoms with van der Waals surface area (Å²) in [6.07, 6.45) is 5.16. The summed E-state index contributed by atoms with van der Waals surface area (Å²) in [7, 11) is 0. The van der Waals surface area contributed by atoms with Crippen molar-refractivity contribution in [2.24, 2.45) is 5.73 Å². The fourth-order valence-corrected chi connectivity index (χ4v) is 1.44. The Balaban J connectivity index is 2.57. The van der Waals surface area contributed by atoms with Gasteiger partial charge >= 0.3 is 0 Å². The molecular weight excluding hydrogens is 178 g/mol. The SMILES string of the molecule is CCCC(C)(N)C(=O)Cc1ccoc1. The molecule has 0 fully saturated rings. The topological polar surface area (TPSA) is 56.2 Å². The van der Waals surface area contributed by atoms with E-state index in [9.17, 15) is 4.79 Å². The van der Waals surface area contributed by atoms with Crippen LogP contribution in [0.25, 0.3) is 0 Å². The van der Waals surface area contributed by atoms with Crippen LogP contribution in [0, 0.1) is 0 Å². The molecule has 0 amide bonds. The molecular formula is C11H17NO2. The highest BCUT2D eigenvalue weighted by molar-refractivity contribution is 5.89. The van der Waals surface area contributed by atoms with E-state index in [1.54, 1.807) is 25.5 Å². The van der Waals surface area contributed by atoms with E-state index < -0.39 is 5.54 Å². The van der Waals surface area contributed by atoms with Crippen LogP contribution in [-0.4, -0.2) is 11.3 Å². The maximum Gasteiger partial charge on any atom is 0.156 e. The molecule has 3 heteroatoms. The monoisotopic (exact) mass is 195 g/mol. The summed E-state index contributed by atoms with van der Waals surface area (Å²) in [6.45, 7) is 3.81. The molecule has 0 saturated carbocycles. The lowest BCUT2D eigenvalue weighted by molar-refractivity contribution is -0.123. The van der Waals surface area contributed by atoms with Crippen molar-refractivity contribution in [1.29, 1.82) is 0 Å². The van der Waals surface area contributed by atoms with Crippen LogP contribution in [-0.2, 0) is 11.2 Å². The van der Waals surface area contributed by atoms with Crippen LogP contribution in [0.4, 0.5) is 0 Å². The smallest absolute Gasteiger partial charge is 0.156 e. The average molecular weight is 195 g/mol. The zero-order valence-corrected chi connectivity index (χ0v) is 8.75. The number of hydrogen-bond donors (Lipinski definition) is 1. The van der Waals surface area contributed by atoms with Gasteiger partial charge in [-0.05, 0) is 25.0 Å². The molecule has 0 bridgehead atoms. The van der Waals surface area contributed by atoms with Crippen molar-refractivity contribution in [3.8, 4) is 0 Å². The molecule has 0 spiro atoms. The molecule has 2 N–H and O–H groups in total. The van der Waals surface area contributed by atoms with E-state index >= 15 is 0 Å². The molecule has 1 aromatic rings. The molecule has 0 radical (unpaired) electrons. The van der Waals surface area contributed by atoms with Crippen LogP contribution in [0.15, 0.2) is 23.0 Å². The van der Waals surface area contributed by atoms with Gasteiger partial charge in [0.1, 0.15) is 0 Å². The van der Waals surface area contributed by atoms with Gasteiger partial charge in [-0.1, -0.05) is 13.3 Å². The first-order valence-corrected chi connectivity index (χ1v) is 4.89. The number of nitrogens with two attached hydrogens (primary N) is 1. The Morgan fingerprint density at radius 3 is 2.86 bits per heavy atom. The van der Waals surface area contributed by atoms with E-state index in [1.165, 1.54) is 0 Å². The molecule has 3 nitrogen and oxygen atoms in total. The van der Waals surface area contributed by atoms with Crippen molar-refractivity contribution in [2.45, 2.75) is 38.6 Å². The van der Waals surface area contributed by atoms with Gasteiger partial charge in [0.2, 0.25) is 0 Å².